The zero-order chi connectivity index (χ0) is 37.7. The normalized spacial score (nSPS) is 11.5. The van der Waals surface area contributed by atoms with E-state index in [0.717, 1.165) is 44.2 Å². The van der Waals surface area contributed by atoms with Gasteiger partial charge in [0.1, 0.15) is 0 Å². The predicted octanol–water partition coefficient (Wildman–Crippen LogP) is 13.6. The summed E-state index contributed by atoms with van der Waals surface area (Å²) in [5.41, 5.74) is 10.9. The van der Waals surface area contributed by atoms with Crippen molar-refractivity contribution in [1.82, 2.24) is 19.5 Å². The molecule has 0 N–H and O–H groups in total. The van der Waals surface area contributed by atoms with Gasteiger partial charge in [0.25, 0.3) is 0 Å². The molecule has 9 aromatic carbocycles. The summed E-state index contributed by atoms with van der Waals surface area (Å²) in [6.07, 6.45) is 0. The fraction of sp³-hybridized carbons (Fsp3) is 0. The van der Waals surface area contributed by atoms with Gasteiger partial charge in [-0.3, -0.25) is 4.57 Å². The van der Waals surface area contributed by atoms with Crippen LogP contribution < -0.4 is 0 Å². The largest absolute Gasteiger partial charge is 0.278 e. The van der Waals surface area contributed by atoms with Crippen LogP contribution >= 0.6 is 0 Å². The second kappa shape index (κ2) is 13.6. The lowest BCUT2D eigenvalue weighted by molar-refractivity contribution is 0.954. The number of hydrogen-bond donors (Lipinski definition) is 0. The molecule has 0 aliphatic carbocycles. The molecule has 57 heavy (non-hydrogen) atoms. The first-order valence-corrected chi connectivity index (χ1v) is 19.3. The molecule has 11 aromatic rings. The Hall–Kier alpha value is -7.69. The molecule has 4 nitrogen and oxygen atoms in total. The number of benzene rings is 9. The Labute approximate surface area is 330 Å². The molecule has 0 amide bonds. The average Bonchev–Trinajstić information content (AvgIpc) is 3.64. The van der Waals surface area contributed by atoms with Gasteiger partial charge in [0.15, 0.2) is 11.6 Å². The van der Waals surface area contributed by atoms with Gasteiger partial charge < -0.3 is 0 Å². The van der Waals surface area contributed by atoms with Crippen molar-refractivity contribution in [2.45, 2.75) is 0 Å². The zero-order valence-electron chi connectivity index (χ0n) is 30.9. The van der Waals surface area contributed by atoms with Gasteiger partial charge >= 0.3 is 0 Å². The van der Waals surface area contributed by atoms with Crippen LogP contribution in [0.2, 0.25) is 0 Å². The van der Waals surface area contributed by atoms with Gasteiger partial charge in [0.05, 0.1) is 11.0 Å². The molecule has 0 atom stereocenters. The summed E-state index contributed by atoms with van der Waals surface area (Å²) in [7, 11) is 0. The molecule has 11 rings (SSSR count). The number of hydrogen-bond acceptors (Lipinski definition) is 3. The molecule has 2 aromatic heterocycles. The highest BCUT2D eigenvalue weighted by Crippen LogP contribution is 2.39. The molecule has 4 heteroatoms. The molecular formula is C53H34N4. The average molecular weight is 727 g/mol. The number of fused-ring (bicyclic) bond motifs is 6. The molecule has 0 aliphatic rings. The topological polar surface area (TPSA) is 43.6 Å². The van der Waals surface area contributed by atoms with Gasteiger partial charge in [-0.25, -0.2) is 4.98 Å². The van der Waals surface area contributed by atoms with E-state index < -0.39 is 0 Å². The van der Waals surface area contributed by atoms with Gasteiger partial charge in [0.2, 0.25) is 5.95 Å². The summed E-state index contributed by atoms with van der Waals surface area (Å²) in [6, 6.07) is 72.8. The molecule has 0 spiro atoms. The Morgan fingerprint density at radius 3 is 1.60 bits per heavy atom. The van der Waals surface area contributed by atoms with Crippen LogP contribution in [0.4, 0.5) is 0 Å². The SMILES string of the molecule is c1ccc(-c2cccc(-c3nc(-c4ccc(-c5cccc6cccc(-c7ccccc7)c56)cc4)nc(-n4c5ccccc5c5c6ccccc6ccc54)n3)c2)cc1. The van der Waals surface area contributed by atoms with E-state index in [1.165, 1.54) is 43.6 Å². The monoisotopic (exact) mass is 726 g/mol. The Balaban J connectivity index is 1.11. The standard InChI is InChI=1S/C53H34N4/c1-3-14-35(15-4-1)41-21-11-22-42(34-41)52-54-51(55-53(56-52)57-47-27-10-9-24-46(47)50-45-23-8-7-18-37(45)32-33-48(50)57)40-30-28-38(29-31-40)44-26-13-20-39-19-12-25-43(49(39)44)36-16-5-2-6-17-36/h1-34H. The molecule has 0 unspecified atom stereocenters. The van der Waals surface area contributed by atoms with E-state index in [1.807, 2.05) is 6.07 Å². The third-order valence-electron chi connectivity index (χ3n) is 11.1. The Morgan fingerprint density at radius 1 is 0.298 bits per heavy atom. The van der Waals surface area contributed by atoms with E-state index in [-0.39, 0.29) is 0 Å². The minimum absolute atomic E-state index is 0.576. The van der Waals surface area contributed by atoms with E-state index >= 15 is 0 Å². The maximum Gasteiger partial charge on any atom is 0.238 e. The maximum atomic E-state index is 5.28. The molecular weight excluding hydrogens is 693 g/mol. The minimum atomic E-state index is 0.576. The van der Waals surface area contributed by atoms with Crippen molar-refractivity contribution in [3.63, 3.8) is 0 Å². The van der Waals surface area contributed by atoms with E-state index in [9.17, 15) is 0 Å². The molecule has 266 valence electrons. The second-order valence-corrected chi connectivity index (χ2v) is 14.4. The Morgan fingerprint density at radius 2 is 0.842 bits per heavy atom. The van der Waals surface area contributed by atoms with Gasteiger partial charge in [-0.15, -0.1) is 0 Å². The summed E-state index contributed by atoms with van der Waals surface area (Å²) in [4.78, 5) is 15.7. The van der Waals surface area contributed by atoms with Crippen LogP contribution in [-0.2, 0) is 0 Å². The van der Waals surface area contributed by atoms with Crippen LogP contribution in [0.1, 0.15) is 0 Å². The van der Waals surface area contributed by atoms with Crippen LogP contribution in [0.15, 0.2) is 206 Å². The second-order valence-electron chi connectivity index (χ2n) is 14.4. The first-order valence-electron chi connectivity index (χ1n) is 19.3. The molecule has 0 bridgehead atoms. The predicted molar refractivity (Wildman–Crippen MR) is 236 cm³/mol. The number of rotatable bonds is 6. The van der Waals surface area contributed by atoms with E-state index in [2.05, 4.69) is 205 Å². The van der Waals surface area contributed by atoms with E-state index in [1.54, 1.807) is 0 Å². The minimum Gasteiger partial charge on any atom is -0.278 e. The molecule has 2 heterocycles. The van der Waals surface area contributed by atoms with Crippen LogP contribution in [0.25, 0.3) is 105 Å². The molecule has 0 radical (unpaired) electrons. The number of nitrogens with zero attached hydrogens (tertiary/aromatic N) is 4. The quantitative estimate of drug-likeness (QED) is 0.171. The first-order chi connectivity index (χ1) is 28.3. The summed E-state index contributed by atoms with van der Waals surface area (Å²) in [5, 5.41) is 7.20. The Bertz CT molecular complexity index is 3270. The van der Waals surface area contributed by atoms with Crippen molar-refractivity contribution in [1.29, 1.82) is 0 Å². The summed E-state index contributed by atoms with van der Waals surface area (Å²) in [5.74, 6) is 1.80. The lowest BCUT2D eigenvalue weighted by Gasteiger charge is -2.14. The van der Waals surface area contributed by atoms with Crippen molar-refractivity contribution in [2.24, 2.45) is 0 Å². The van der Waals surface area contributed by atoms with E-state index in [0.29, 0.717) is 17.6 Å². The van der Waals surface area contributed by atoms with Crippen LogP contribution in [0.5, 0.6) is 0 Å². The molecule has 0 aliphatic heterocycles. The first kappa shape index (κ1) is 32.7. The third-order valence-corrected chi connectivity index (χ3v) is 11.1. The lowest BCUT2D eigenvalue weighted by Crippen LogP contribution is -2.06. The van der Waals surface area contributed by atoms with Crippen LogP contribution in [-0.4, -0.2) is 19.5 Å². The molecule has 0 saturated heterocycles. The van der Waals surface area contributed by atoms with Gasteiger partial charge in [0, 0.05) is 21.9 Å². The highest BCUT2D eigenvalue weighted by atomic mass is 15.2. The molecule has 0 saturated carbocycles. The smallest absolute Gasteiger partial charge is 0.238 e. The van der Waals surface area contributed by atoms with Gasteiger partial charge in [-0.1, -0.05) is 188 Å². The lowest BCUT2D eigenvalue weighted by atomic mass is 9.91. The molecule has 0 fully saturated rings. The summed E-state index contributed by atoms with van der Waals surface area (Å²) < 4.78 is 2.20. The van der Waals surface area contributed by atoms with E-state index in [4.69, 9.17) is 15.0 Å². The summed E-state index contributed by atoms with van der Waals surface area (Å²) in [6.45, 7) is 0. The zero-order valence-corrected chi connectivity index (χ0v) is 30.9. The van der Waals surface area contributed by atoms with Gasteiger partial charge in [-0.05, 0) is 73.1 Å². The third kappa shape index (κ3) is 5.66. The fourth-order valence-corrected chi connectivity index (χ4v) is 8.38. The van der Waals surface area contributed by atoms with Crippen molar-refractivity contribution >= 4 is 43.4 Å². The number of para-hydroxylation sites is 1. The highest BCUT2D eigenvalue weighted by molar-refractivity contribution is 6.21. The van der Waals surface area contributed by atoms with Crippen molar-refractivity contribution in [2.75, 3.05) is 0 Å². The maximum absolute atomic E-state index is 5.28. The van der Waals surface area contributed by atoms with Crippen molar-refractivity contribution in [3.05, 3.63) is 206 Å². The van der Waals surface area contributed by atoms with Crippen LogP contribution in [0, 0.1) is 0 Å². The highest BCUT2D eigenvalue weighted by Gasteiger charge is 2.20. The summed E-state index contributed by atoms with van der Waals surface area (Å²) >= 11 is 0. The number of aromatic nitrogens is 4. The fourth-order valence-electron chi connectivity index (χ4n) is 8.38. The van der Waals surface area contributed by atoms with Gasteiger partial charge in [-0.2, -0.15) is 9.97 Å². The Kier molecular flexibility index (Phi) is 7.78. The van der Waals surface area contributed by atoms with Crippen molar-refractivity contribution < 1.29 is 0 Å². The van der Waals surface area contributed by atoms with Crippen LogP contribution in [0.3, 0.4) is 0 Å². The van der Waals surface area contributed by atoms with Crippen molar-refractivity contribution in [3.8, 4) is 62.1 Å².